The summed E-state index contributed by atoms with van der Waals surface area (Å²) >= 11 is 0. The first-order chi connectivity index (χ1) is 8.88. The number of hydrogen-bond acceptors (Lipinski definition) is 3. The number of ether oxygens (including phenoxy) is 1. The molecular formula is C16H33NO2Si. The van der Waals surface area contributed by atoms with Crippen LogP contribution in [0.1, 0.15) is 48.0 Å². The molecule has 0 aliphatic carbocycles. The fourth-order valence-corrected chi connectivity index (χ4v) is 5.41. The quantitative estimate of drug-likeness (QED) is 0.418. The van der Waals surface area contributed by atoms with Crippen molar-refractivity contribution < 1.29 is 9.53 Å². The van der Waals surface area contributed by atoms with Crippen LogP contribution in [0.3, 0.4) is 0 Å². The predicted molar refractivity (Wildman–Crippen MR) is 89.4 cm³/mol. The van der Waals surface area contributed by atoms with Crippen LogP contribution >= 0.6 is 0 Å². The zero-order valence-electron chi connectivity index (χ0n) is 14.8. The highest BCUT2D eigenvalue weighted by Gasteiger charge is 2.33. The van der Waals surface area contributed by atoms with E-state index in [9.17, 15) is 4.79 Å². The summed E-state index contributed by atoms with van der Waals surface area (Å²) in [6.45, 7) is 19.1. The fourth-order valence-electron chi connectivity index (χ4n) is 2.69. The molecule has 0 amide bonds. The van der Waals surface area contributed by atoms with E-state index in [1.165, 1.54) is 0 Å². The summed E-state index contributed by atoms with van der Waals surface area (Å²) < 4.78 is 7.97. The van der Waals surface area contributed by atoms with E-state index in [4.69, 9.17) is 4.74 Å². The minimum atomic E-state index is -1.50. The zero-order valence-corrected chi connectivity index (χ0v) is 15.8. The van der Waals surface area contributed by atoms with E-state index in [-0.39, 0.29) is 12.0 Å². The Balaban J connectivity index is 5.09. The average Bonchev–Trinajstić information content (AvgIpc) is 2.10. The molecule has 0 unspecified atom stereocenters. The third-order valence-corrected chi connectivity index (χ3v) is 5.30. The van der Waals surface area contributed by atoms with Gasteiger partial charge in [-0.1, -0.05) is 45.6 Å². The molecule has 0 aromatic heterocycles. The predicted octanol–water partition coefficient (Wildman–Crippen LogP) is 4.21. The van der Waals surface area contributed by atoms with Gasteiger partial charge >= 0.3 is 5.97 Å². The molecule has 0 aliphatic heterocycles. The third-order valence-electron chi connectivity index (χ3n) is 2.90. The van der Waals surface area contributed by atoms with Crippen molar-refractivity contribution in [2.45, 2.75) is 85.3 Å². The van der Waals surface area contributed by atoms with Crippen molar-refractivity contribution in [2.24, 2.45) is 0 Å². The second kappa shape index (κ2) is 7.41. The van der Waals surface area contributed by atoms with Gasteiger partial charge in [0.15, 0.2) is 0 Å². The van der Waals surface area contributed by atoms with Crippen molar-refractivity contribution in [2.75, 3.05) is 0 Å². The highest BCUT2D eigenvalue weighted by atomic mass is 28.3. The summed E-state index contributed by atoms with van der Waals surface area (Å²) in [7, 11) is -1.50. The number of carbonyl (C=O) groups is 1. The number of esters is 1. The van der Waals surface area contributed by atoms with Gasteiger partial charge in [-0.15, -0.1) is 0 Å². The van der Waals surface area contributed by atoms with Crippen LogP contribution in [-0.4, -0.2) is 36.5 Å². The highest BCUT2D eigenvalue weighted by molar-refractivity contribution is 6.73. The van der Waals surface area contributed by atoms with E-state index in [1.54, 1.807) is 0 Å². The van der Waals surface area contributed by atoms with Gasteiger partial charge in [-0.2, -0.15) is 0 Å². The topological polar surface area (TPSA) is 29.5 Å². The summed E-state index contributed by atoms with van der Waals surface area (Å²) in [5.41, 5.74) is -0.417. The SMILES string of the molecule is C/C=C/[C@@H](CC(=O)OC(C)(C)C)N(C(C)C)[Si](C)(C)C. The molecule has 4 heteroatoms. The van der Waals surface area contributed by atoms with E-state index >= 15 is 0 Å². The summed E-state index contributed by atoms with van der Waals surface area (Å²) in [4.78, 5) is 12.1. The Morgan fingerprint density at radius 1 is 1.25 bits per heavy atom. The maximum Gasteiger partial charge on any atom is 0.308 e. The third kappa shape index (κ3) is 7.24. The number of carbonyl (C=O) groups excluding carboxylic acids is 1. The lowest BCUT2D eigenvalue weighted by Crippen LogP contribution is -2.55. The van der Waals surface area contributed by atoms with E-state index in [2.05, 4.69) is 44.1 Å². The van der Waals surface area contributed by atoms with Crippen molar-refractivity contribution in [3.8, 4) is 0 Å². The Kier molecular flexibility index (Phi) is 7.18. The molecule has 3 nitrogen and oxygen atoms in total. The first kappa shape index (κ1) is 19.4. The number of rotatable bonds is 6. The Hall–Kier alpha value is -0.613. The molecule has 0 saturated carbocycles. The Labute approximate surface area is 126 Å². The van der Waals surface area contributed by atoms with Gasteiger partial charge in [-0.25, -0.2) is 0 Å². The van der Waals surface area contributed by atoms with E-state index in [1.807, 2.05) is 33.8 Å². The van der Waals surface area contributed by atoms with E-state index < -0.39 is 13.8 Å². The lowest BCUT2D eigenvalue weighted by atomic mass is 10.1. The maximum atomic E-state index is 12.1. The zero-order chi connectivity index (χ0) is 16.1. The van der Waals surface area contributed by atoms with Gasteiger partial charge in [0.2, 0.25) is 0 Å². The van der Waals surface area contributed by atoms with Gasteiger partial charge in [-0.05, 0) is 33.7 Å². The molecule has 0 bridgehead atoms. The van der Waals surface area contributed by atoms with Crippen LogP contribution in [-0.2, 0) is 9.53 Å². The average molecular weight is 300 g/mol. The second-order valence-electron chi connectivity index (χ2n) is 7.56. The summed E-state index contributed by atoms with van der Waals surface area (Å²) in [6.07, 6.45) is 4.58. The molecule has 0 aliphatic rings. The molecule has 20 heavy (non-hydrogen) atoms. The van der Waals surface area contributed by atoms with E-state index in [0.717, 1.165) is 0 Å². The fraction of sp³-hybridized carbons (Fsp3) is 0.812. The van der Waals surface area contributed by atoms with Gasteiger partial charge < -0.3 is 9.30 Å². The van der Waals surface area contributed by atoms with Crippen LogP contribution in [0.25, 0.3) is 0 Å². The Morgan fingerprint density at radius 2 is 1.75 bits per heavy atom. The molecule has 0 fully saturated rings. The smallest absolute Gasteiger partial charge is 0.308 e. The Bertz CT molecular complexity index is 337. The molecule has 0 aromatic rings. The number of allylic oxidation sites excluding steroid dienone is 1. The molecular weight excluding hydrogens is 266 g/mol. The first-order valence-electron chi connectivity index (χ1n) is 7.51. The van der Waals surface area contributed by atoms with Crippen molar-refractivity contribution in [3.05, 3.63) is 12.2 Å². The molecule has 1 atom stereocenters. The van der Waals surface area contributed by atoms with Crippen molar-refractivity contribution in [1.29, 1.82) is 0 Å². The minimum absolute atomic E-state index is 0.121. The lowest BCUT2D eigenvalue weighted by Gasteiger charge is -2.42. The standard InChI is InChI=1S/C16H33NO2Si/c1-10-11-14(12-15(18)19-16(4,5)6)17(13(2)3)20(7,8)9/h10-11,13-14H,12H2,1-9H3/b11-10+/t14-/m0/s1. The van der Waals surface area contributed by atoms with Crippen molar-refractivity contribution in [1.82, 2.24) is 4.57 Å². The lowest BCUT2D eigenvalue weighted by molar-refractivity contribution is -0.155. The van der Waals surface area contributed by atoms with Gasteiger partial charge in [0.25, 0.3) is 0 Å². The largest absolute Gasteiger partial charge is 0.460 e. The van der Waals surface area contributed by atoms with Crippen LogP contribution < -0.4 is 0 Å². The molecule has 0 rings (SSSR count). The molecule has 0 radical (unpaired) electrons. The van der Waals surface area contributed by atoms with E-state index in [0.29, 0.717) is 12.5 Å². The molecule has 0 heterocycles. The monoisotopic (exact) mass is 299 g/mol. The van der Waals surface area contributed by atoms with Crippen LogP contribution in [0, 0.1) is 0 Å². The molecule has 0 spiro atoms. The normalized spacial score (nSPS) is 15.2. The first-order valence-corrected chi connectivity index (χ1v) is 11.0. The van der Waals surface area contributed by atoms with Crippen LogP contribution in [0.4, 0.5) is 0 Å². The summed E-state index contributed by atoms with van der Waals surface area (Å²) in [5.74, 6) is -0.121. The molecule has 118 valence electrons. The van der Waals surface area contributed by atoms with Crippen LogP contribution in [0.5, 0.6) is 0 Å². The summed E-state index contributed by atoms with van der Waals surface area (Å²) in [6, 6.07) is 0.548. The van der Waals surface area contributed by atoms with Crippen LogP contribution in [0.15, 0.2) is 12.2 Å². The second-order valence-corrected chi connectivity index (χ2v) is 12.4. The molecule has 0 saturated heterocycles. The maximum absolute atomic E-state index is 12.1. The highest BCUT2D eigenvalue weighted by Crippen LogP contribution is 2.22. The molecule has 0 N–H and O–H groups in total. The van der Waals surface area contributed by atoms with Gasteiger partial charge in [0.1, 0.15) is 13.8 Å². The minimum Gasteiger partial charge on any atom is -0.460 e. The molecule has 0 aromatic carbocycles. The van der Waals surface area contributed by atoms with Gasteiger partial charge in [0.05, 0.1) is 6.42 Å². The van der Waals surface area contributed by atoms with Crippen molar-refractivity contribution >= 4 is 14.2 Å². The summed E-state index contributed by atoms with van der Waals surface area (Å²) in [5, 5.41) is 0. The van der Waals surface area contributed by atoms with Gasteiger partial charge in [-0.3, -0.25) is 4.79 Å². The van der Waals surface area contributed by atoms with Gasteiger partial charge in [0, 0.05) is 6.04 Å². The Morgan fingerprint density at radius 3 is 2.05 bits per heavy atom. The number of hydrogen-bond donors (Lipinski definition) is 0. The van der Waals surface area contributed by atoms with Crippen LogP contribution in [0.2, 0.25) is 19.6 Å². The number of nitrogens with zero attached hydrogens (tertiary/aromatic N) is 1. The van der Waals surface area contributed by atoms with Crippen molar-refractivity contribution in [3.63, 3.8) is 0 Å².